The summed E-state index contributed by atoms with van der Waals surface area (Å²) < 4.78 is 16.0. The molecule has 0 unspecified atom stereocenters. The van der Waals surface area contributed by atoms with Gasteiger partial charge >= 0.3 is 0 Å². The van der Waals surface area contributed by atoms with E-state index in [9.17, 15) is 4.39 Å². The quantitative estimate of drug-likeness (QED) is 0.817. The van der Waals surface area contributed by atoms with Crippen LogP contribution < -0.4 is 5.32 Å². The van der Waals surface area contributed by atoms with Gasteiger partial charge in [0.05, 0.1) is 6.20 Å². The normalized spacial score (nSPS) is 11.0. The van der Waals surface area contributed by atoms with Gasteiger partial charge in [-0.05, 0) is 38.4 Å². The van der Waals surface area contributed by atoms with Crippen molar-refractivity contribution < 1.29 is 4.39 Å². The summed E-state index contributed by atoms with van der Waals surface area (Å²) >= 11 is 0. The van der Waals surface area contributed by atoms with Gasteiger partial charge in [-0.15, -0.1) is 0 Å². The molecule has 0 spiro atoms. The number of rotatable bonds is 6. The third-order valence-electron chi connectivity index (χ3n) is 3.51. The fraction of sp³-hybridized carbons (Fsp3) is 0.438. The van der Waals surface area contributed by atoms with E-state index in [1.54, 1.807) is 6.07 Å². The molecule has 1 aromatic heterocycles. The predicted octanol–water partition coefficient (Wildman–Crippen LogP) is 3.52. The highest BCUT2D eigenvalue weighted by Crippen LogP contribution is 2.25. The zero-order valence-electron chi connectivity index (χ0n) is 12.4. The molecular formula is C16H22FN3. The number of nitrogens with zero attached hydrogens (tertiary/aromatic N) is 2. The molecule has 0 aliphatic carbocycles. The second kappa shape index (κ2) is 6.66. The van der Waals surface area contributed by atoms with Gasteiger partial charge in [0.2, 0.25) is 0 Å². The van der Waals surface area contributed by atoms with E-state index in [1.165, 1.54) is 0 Å². The number of hydrogen-bond donors (Lipinski definition) is 1. The molecule has 108 valence electrons. The molecular weight excluding hydrogens is 253 g/mol. The van der Waals surface area contributed by atoms with Crippen LogP contribution in [-0.2, 0) is 13.1 Å². The van der Waals surface area contributed by atoms with Crippen molar-refractivity contribution in [2.24, 2.45) is 0 Å². The Morgan fingerprint density at radius 2 is 2.10 bits per heavy atom. The molecule has 0 fully saturated rings. The van der Waals surface area contributed by atoms with E-state index in [2.05, 4.69) is 17.3 Å². The third kappa shape index (κ3) is 3.07. The topological polar surface area (TPSA) is 29.9 Å². The van der Waals surface area contributed by atoms with Gasteiger partial charge in [-0.3, -0.25) is 4.68 Å². The fourth-order valence-corrected chi connectivity index (χ4v) is 2.31. The number of aromatic nitrogens is 2. The van der Waals surface area contributed by atoms with Crippen LogP contribution in [0.3, 0.4) is 0 Å². The maximum Gasteiger partial charge on any atom is 0.128 e. The summed E-state index contributed by atoms with van der Waals surface area (Å²) in [7, 11) is 0. The Labute approximate surface area is 119 Å². The summed E-state index contributed by atoms with van der Waals surface area (Å²) in [4.78, 5) is 0. The number of aryl methyl sites for hydroxylation is 1. The summed E-state index contributed by atoms with van der Waals surface area (Å²) in [6, 6.07) is 5.43. The Balaban J connectivity index is 2.21. The molecule has 0 saturated heterocycles. The average molecular weight is 275 g/mol. The van der Waals surface area contributed by atoms with Crippen molar-refractivity contribution in [2.45, 2.75) is 40.3 Å². The number of nitrogens with one attached hydrogen (secondary N) is 1. The lowest BCUT2D eigenvalue weighted by molar-refractivity contribution is 0.587. The highest BCUT2D eigenvalue weighted by atomic mass is 19.1. The summed E-state index contributed by atoms with van der Waals surface area (Å²) in [6.45, 7) is 8.47. The highest BCUT2D eigenvalue weighted by Gasteiger charge is 2.10. The molecule has 0 amide bonds. The molecule has 0 aliphatic heterocycles. The van der Waals surface area contributed by atoms with E-state index in [-0.39, 0.29) is 5.82 Å². The molecule has 20 heavy (non-hydrogen) atoms. The molecule has 0 atom stereocenters. The first kappa shape index (κ1) is 14.7. The molecule has 0 radical (unpaired) electrons. The Bertz CT molecular complexity index is 575. The predicted molar refractivity (Wildman–Crippen MR) is 80.0 cm³/mol. The van der Waals surface area contributed by atoms with Gasteiger partial charge in [0, 0.05) is 29.9 Å². The smallest absolute Gasteiger partial charge is 0.128 e. The van der Waals surface area contributed by atoms with Gasteiger partial charge in [0.25, 0.3) is 0 Å². The van der Waals surface area contributed by atoms with Crippen LogP contribution in [0.1, 0.15) is 31.5 Å². The van der Waals surface area contributed by atoms with Crippen LogP contribution in [0, 0.1) is 12.7 Å². The third-order valence-corrected chi connectivity index (χ3v) is 3.51. The van der Waals surface area contributed by atoms with Crippen molar-refractivity contribution in [1.82, 2.24) is 15.1 Å². The maximum atomic E-state index is 14.1. The maximum absolute atomic E-state index is 14.1. The zero-order chi connectivity index (χ0) is 14.5. The molecule has 0 bridgehead atoms. The Morgan fingerprint density at radius 1 is 1.30 bits per heavy atom. The Morgan fingerprint density at radius 3 is 2.70 bits per heavy atom. The van der Waals surface area contributed by atoms with Crippen LogP contribution in [-0.4, -0.2) is 16.3 Å². The molecule has 4 heteroatoms. The van der Waals surface area contributed by atoms with Crippen LogP contribution >= 0.6 is 0 Å². The number of benzene rings is 1. The van der Waals surface area contributed by atoms with Gasteiger partial charge < -0.3 is 5.32 Å². The van der Waals surface area contributed by atoms with Crippen molar-refractivity contribution >= 4 is 0 Å². The molecule has 2 rings (SSSR count). The van der Waals surface area contributed by atoms with Crippen molar-refractivity contribution in [3.8, 4) is 11.1 Å². The van der Waals surface area contributed by atoms with E-state index in [1.807, 2.05) is 36.9 Å². The van der Waals surface area contributed by atoms with Gasteiger partial charge in [0.15, 0.2) is 0 Å². The summed E-state index contributed by atoms with van der Waals surface area (Å²) in [6.07, 6.45) is 2.86. The minimum atomic E-state index is -0.158. The molecule has 1 N–H and O–H groups in total. The van der Waals surface area contributed by atoms with Crippen LogP contribution in [0.15, 0.2) is 24.4 Å². The summed E-state index contributed by atoms with van der Waals surface area (Å²) in [5.41, 5.74) is 3.67. The second-order valence-corrected chi connectivity index (χ2v) is 4.94. The van der Waals surface area contributed by atoms with E-state index >= 15 is 0 Å². The van der Waals surface area contributed by atoms with Crippen LogP contribution in [0.25, 0.3) is 11.1 Å². The minimum Gasteiger partial charge on any atom is -0.313 e. The van der Waals surface area contributed by atoms with Crippen LogP contribution in [0.4, 0.5) is 4.39 Å². The molecule has 1 aromatic carbocycles. The second-order valence-electron chi connectivity index (χ2n) is 4.94. The molecule has 0 saturated carbocycles. The SMILES string of the molecule is CCCNCc1ccc(-c2cnn(CC)c2C)cc1F. The van der Waals surface area contributed by atoms with E-state index in [0.29, 0.717) is 12.1 Å². The van der Waals surface area contributed by atoms with Crippen molar-refractivity contribution in [1.29, 1.82) is 0 Å². The first-order valence-electron chi connectivity index (χ1n) is 7.19. The molecule has 0 aliphatic rings. The monoisotopic (exact) mass is 275 g/mol. The van der Waals surface area contributed by atoms with Gasteiger partial charge in [0.1, 0.15) is 5.82 Å². The number of halogens is 1. The highest BCUT2D eigenvalue weighted by molar-refractivity contribution is 5.65. The van der Waals surface area contributed by atoms with Crippen molar-refractivity contribution in [3.63, 3.8) is 0 Å². The van der Waals surface area contributed by atoms with Crippen LogP contribution in [0.2, 0.25) is 0 Å². The Hall–Kier alpha value is -1.68. The van der Waals surface area contributed by atoms with Crippen molar-refractivity contribution in [2.75, 3.05) is 6.54 Å². The van der Waals surface area contributed by atoms with Gasteiger partial charge in [-0.25, -0.2) is 4.39 Å². The van der Waals surface area contributed by atoms with Gasteiger partial charge in [-0.1, -0.05) is 19.1 Å². The zero-order valence-corrected chi connectivity index (χ0v) is 12.4. The van der Waals surface area contributed by atoms with E-state index in [4.69, 9.17) is 0 Å². The van der Waals surface area contributed by atoms with Crippen LogP contribution in [0.5, 0.6) is 0 Å². The lowest BCUT2D eigenvalue weighted by Crippen LogP contribution is -2.14. The first-order valence-corrected chi connectivity index (χ1v) is 7.19. The largest absolute Gasteiger partial charge is 0.313 e. The number of hydrogen-bond acceptors (Lipinski definition) is 2. The standard InChI is InChI=1S/C16H22FN3/c1-4-8-18-10-14-7-6-13(9-16(14)17)15-11-19-20(5-2)12(15)3/h6-7,9,11,18H,4-5,8,10H2,1-3H3. The Kier molecular flexibility index (Phi) is 4.90. The van der Waals surface area contributed by atoms with E-state index in [0.717, 1.165) is 36.3 Å². The van der Waals surface area contributed by atoms with Crippen molar-refractivity contribution in [3.05, 3.63) is 41.5 Å². The molecule has 3 nitrogen and oxygen atoms in total. The van der Waals surface area contributed by atoms with Gasteiger partial charge in [-0.2, -0.15) is 5.10 Å². The summed E-state index contributed by atoms with van der Waals surface area (Å²) in [5.74, 6) is -0.158. The minimum absolute atomic E-state index is 0.158. The molecule has 1 heterocycles. The lowest BCUT2D eigenvalue weighted by Gasteiger charge is -2.07. The lowest BCUT2D eigenvalue weighted by atomic mass is 10.0. The fourth-order valence-electron chi connectivity index (χ4n) is 2.31. The summed E-state index contributed by atoms with van der Waals surface area (Å²) in [5, 5.41) is 7.52. The first-order chi connectivity index (χ1) is 9.67. The average Bonchev–Trinajstić information content (AvgIpc) is 2.82. The molecule has 2 aromatic rings. The van der Waals surface area contributed by atoms with E-state index < -0.39 is 0 Å².